The number of methoxy groups -OCH3 is 1. The molecule has 2 aromatic carbocycles. The zero-order chi connectivity index (χ0) is 20.6. The maximum absolute atomic E-state index is 6.02. The van der Waals surface area contributed by atoms with Crippen LogP contribution < -0.4 is 15.4 Å². The lowest BCUT2D eigenvalue weighted by Crippen LogP contribution is -2.38. The molecule has 0 aromatic heterocycles. The van der Waals surface area contributed by atoms with Crippen molar-refractivity contribution in [1.82, 2.24) is 10.6 Å². The van der Waals surface area contributed by atoms with Crippen LogP contribution >= 0.6 is 24.0 Å². The first-order chi connectivity index (χ1) is 14.3. The van der Waals surface area contributed by atoms with E-state index in [0.29, 0.717) is 33.0 Å². The van der Waals surface area contributed by atoms with Crippen LogP contribution in [0.25, 0.3) is 0 Å². The molecule has 0 bridgehead atoms. The van der Waals surface area contributed by atoms with Crippen molar-refractivity contribution in [2.24, 2.45) is 4.99 Å². The van der Waals surface area contributed by atoms with Gasteiger partial charge in [0.05, 0.1) is 19.8 Å². The molecule has 2 rings (SSSR count). The summed E-state index contributed by atoms with van der Waals surface area (Å²) in [6, 6.07) is 18.2. The van der Waals surface area contributed by atoms with Crippen LogP contribution in [0.1, 0.15) is 24.5 Å². The number of hydrogen-bond donors (Lipinski definition) is 2. The van der Waals surface area contributed by atoms with Crippen LogP contribution in [0, 0.1) is 0 Å². The molecule has 0 radical (unpaired) electrons. The predicted octanol–water partition coefficient (Wildman–Crippen LogP) is 3.99. The van der Waals surface area contributed by atoms with Gasteiger partial charge in [0.25, 0.3) is 0 Å². The number of rotatable bonds is 13. The fraction of sp³-hybridized carbons (Fsp3) is 0.435. The summed E-state index contributed by atoms with van der Waals surface area (Å²) >= 11 is 0. The van der Waals surface area contributed by atoms with E-state index in [4.69, 9.17) is 19.2 Å². The molecule has 0 aliphatic heterocycles. The number of hydrogen-bond acceptors (Lipinski definition) is 4. The number of benzene rings is 2. The average molecular weight is 527 g/mol. The normalized spacial score (nSPS) is 10.9. The fourth-order valence-electron chi connectivity index (χ4n) is 2.64. The molecule has 0 unspecified atom stereocenters. The van der Waals surface area contributed by atoms with E-state index < -0.39 is 0 Å². The van der Waals surface area contributed by atoms with E-state index in [9.17, 15) is 0 Å². The highest BCUT2D eigenvalue weighted by molar-refractivity contribution is 14.0. The first kappa shape index (κ1) is 26.2. The molecule has 7 heteroatoms. The predicted molar refractivity (Wildman–Crippen MR) is 133 cm³/mol. The van der Waals surface area contributed by atoms with Crippen LogP contribution in [0.4, 0.5) is 0 Å². The molecular formula is C23H34IN3O3. The van der Waals surface area contributed by atoms with Gasteiger partial charge in [-0.15, -0.1) is 24.0 Å². The number of para-hydroxylation sites is 1. The molecule has 0 saturated heterocycles. The van der Waals surface area contributed by atoms with Gasteiger partial charge in [-0.2, -0.15) is 0 Å². The molecule has 166 valence electrons. The van der Waals surface area contributed by atoms with E-state index >= 15 is 0 Å². The highest BCUT2D eigenvalue weighted by Crippen LogP contribution is 2.20. The highest BCUT2D eigenvalue weighted by atomic mass is 127. The first-order valence-corrected chi connectivity index (χ1v) is 10.2. The Morgan fingerprint density at radius 3 is 2.47 bits per heavy atom. The Bertz CT molecular complexity index is 714. The molecular weight excluding hydrogens is 493 g/mol. The summed E-state index contributed by atoms with van der Waals surface area (Å²) in [6.45, 7) is 6.71. The maximum Gasteiger partial charge on any atom is 0.191 e. The van der Waals surface area contributed by atoms with Gasteiger partial charge in [-0.1, -0.05) is 48.5 Å². The molecule has 0 aliphatic carbocycles. The van der Waals surface area contributed by atoms with Crippen molar-refractivity contribution in [2.75, 3.05) is 40.0 Å². The number of aliphatic imine (C=N–C) groups is 1. The molecule has 2 N–H and O–H groups in total. The van der Waals surface area contributed by atoms with Crippen molar-refractivity contribution in [1.29, 1.82) is 0 Å². The van der Waals surface area contributed by atoms with Crippen LogP contribution in [0.15, 0.2) is 59.6 Å². The second-order valence-electron chi connectivity index (χ2n) is 6.46. The zero-order valence-electron chi connectivity index (χ0n) is 17.9. The summed E-state index contributed by atoms with van der Waals surface area (Å²) in [4.78, 5) is 4.70. The molecule has 0 aliphatic rings. The molecule has 2 aromatic rings. The zero-order valence-corrected chi connectivity index (χ0v) is 20.3. The molecule has 0 amide bonds. The van der Waals surface area contributed by atoms with Gasteiger partial charge in [-0.05, 0) is 25.0 Å². The molecule has 0 heterocycles. The van der Waals surface area contributed by atoms with Crippen LogP contribution in [-0.4, -0.2) is 46.0 Å². The molecule has 0 spiro atoms. The van der Waals surface area contributed by atoms with Crippen LogP contribution in [-0.2, 0) is 22.6 Å². The summed E-state index contributed by atoms with van der Waals surface area (Å²) in [6.07, 6.45) is 0.908. The minimum Gasteiger partial charge on any atom is -0.489 e. The second-order valence-corrected chi connectivity index (χ2v) is 6.46. The van der Waals surface area contributed by atoms with Crippen molar-refractivity contribution in [3.05, 3.63) is 65.7 Å². The van der Waals surface area contributed by atoms with E-state index in [-0.39, 0.29) is 24.0 Å². The van der Waals surface area contributed by atoms with Gasteiger partial charge in [-0.25, -0.2) is 4.99 Å². The van der Waals surface area contributed by atoms with Gasteiger partial charge in [0, 0.05) is 32.4 Å². The Kier molecular flexibility index (Phi) is 14.8. The van der Waals surface area contributed by atoms with E-state index in [1.54, 1.807) is 7.11 Å². The van der Waals surface area contributed by atoms with E-state index in [1.165, 1.54) is 0 Å². The molecule has 6 nitrogen and oxygen atoms in total. The Labute approximate surface area is 197 Å². The molecule has 0 atom stereocenters. The molecule has 0 fully saturated rings. The average Bonchev–Trinajstić information content (AvgIpc) is 2.76. The third-order valence-corrected chi connectivity index (χ3v) is 4.15. The van der Waals surface area contributed by atoms with Gasteiger partial charge in [0.1, 0.15) is 12.4 Å². The van der Waals surface area contributed by atoms with Gasteiger partial charge in [0.2, 0.25) is 0 Å². The monoisotopic (exact) mass is 527 g/mol. The Balaban J connectivity index is 0.00000450. The van der Waals surface area contributed by atoms with Crippen molar-refractivity contribution < 1.29 is 14.2 Å². The Morgan fingerprint density at radius 1 is 0.933 bits per heavy atom. The smallest absolute Gasteiger partial charge is 0.191 e. The molecule has 0 saturated carbocycles. The quantitative estimate of drug-likeness (QED) is 0.179. The number of halogens is 1. The van der Waals surface area contributed by atoms with Gasteiger partial charge in [-0.3, -0.25) is 0 Å². The Morgan fingerprint density at radius 2 is 1.70 bits per heavy atom. The number of guanidine groups is 1. The van der Waals surface area contributed by atoms with Crippen molar-refractivity contribution in [3.63, 3.8) is 0 Å². The first-order valence-electron chi connectivity index (χ1n) is 10.2. The lowest BCUT2D eigenvalue weighted by Gasteiger charge is -2.13. The van der Waals surface area contributed by atoms with Crippen molar-refractivity contribution >= 4 is 29.9 Å². The summed E-state index contributed by atoms with van der Waals surface area (Å²) in [5.41, 5.74) is 2.21. The van der Waals surface area contributed by atoms with Crippen LogP contribution in [0.3, 0.4) is 0 Å². The number of ether oxygens (including phenoxy) is 3. The minimum atomic E-state index is 0. The van der Waals surface area contributed by atoms with E-state index in [2.05, 4.69) is 35.8 Å². The Hall–Kier alpha value is -1.84. The summed E-state index contributed by atoms with van der Waals surface area (Å²) < 4.78 is 16.5. The third-order valence-electron chi connectivity index (χ3n) is 4.15. The van der Waals surface area contributed by atoms with Gasteiger partial charge < -0.3 is 24.8 Å². The summed E-state index contributed by atoms with van der Waals surface area (Å²) in [5.74, 6) is 1.66. The lowest BCUT2D eigenvalue weighted by molar-refractivity contribution is 0.0698. The fourth-order valence-corrected chi connectivity index (χ4v) is 2.64. The number of nitrogens with one attached hydrogen (secondary N) is 2. The summed E-state index contributed by atoms with van der Waals surface area (Å²) in [5, 5.41) is 6.62. The SMILES string of the molecule is CCNC(=NCc1ccccc1OCc1ccccc1)NCCCOCCOC.I. The standard InChI is InChI=1S/C23H33N3O3.HI/c1-3-24-23(25-14-9-15-28-17-16-27-2)26-18-21-12-7-8-13-22(21)29-19-20-10-5-4-6-11-20;/h4-8,10-13H,3,9,14-19H2,1-2H3,(H2,24,25,26);1H. The minimum absolute atomic E-state index is 0. The van der Waals surface area contributed by atoms with E-state index in [0.717, 1.165) is 42.3 Å². The van der Waals surface area contributed by atoms with Crippen molar-refractivity contribution in [3.8, 4) is 5.75 Å². The lowest BCUT2D eigenvalue weighted by atomic mass is 10.2. The number of nitrogens with zero attached hydrogens (tertiary/aromatic N) is 1. The van der Waals surface area contributed by atoms with Crippen molar-refractivity contribution in [2.45, 2.75) is 26.5 Å². The van der Waals surface area contributed by atoms with Crippen LogP contribution in [0.5, 0.6) is 5.75 Å². The third kappa shape index (κ3) is 10.8. The maximum atomic E-state index is 6.02. The summed E-state index contributed by atoms with van der Waals surface area (Å²) in [7, 11) is 1.68. The van der Waals surface area contributed by atoms with Crippen LogP contribution in [0.2, 0.25) is 0 Å². The topological polar surface area (TPSA) is 64.1 Å². The van der Waals surface area contributed by atoms with E-state index in [1.807, 2.05) is 36.4 Å². The molecule has 30 heavy (non-hydrogen) atoms. The van der Waals surface area contributed by atoms with Gasteiger partial charge >= 0.3 is 0 Å². The van der Waals surface area contributed by atoms with Gasteiger partial charge in [0.15, 0.2) is 5.96 Å². The second kappa shape index (κ2) is 16.9. The largest absolute Gasteiger partial charge is 0.489 e. The highest BCUT2D eigenvalue weighted by Gasteiger charge is 2.04.